The van der Waals surface area contributed by atoms with Gasteiger partial charge in [0.05, 0.1) is 0 Å². The van der Waals surface area contributed by atoms with Gasteiger partial charge >= 0.3 is 0 Å². The van der Waals surface area contributed by atoms with Crippen LogP contribution in [0.5, 0.6) is 0 Å². The average molecular weight is 318 g/mol. The fraction of sp³-hybridized carbons (Fsp3) is 0.286. The molecule has 4 heteroatoms. The predicted octanol–water partition coefficient (Wildman–Crippen LogP) is 2.58. The maximum Gasteiger partial charge on any atom is 0.249 e. The Morgan fingerprint density at radius 2 is 2.00 bits per heavy atom. The van der Waals surface area contributed by atoms with Gasteiger partial charge in [-0.15, -0.1) is 5.56 Å². The minimum Gasteiger partial charge on any atom is -0.383 e. The minimum atomic E-state index is -0.0325. The van der Waals surface area contributed by atoms with E-state index in [-0.39, 0.29) is 38.3 Å². The van der Waals surface area contributed by atoms with E-state index < -0.39 is 0 Å². The van der Waals surface area contributed by atoms with Crippen molar-refractivity contribution in [2.75, 3.05) is 0 Å². The van der Waals surface area contributed by atoms with Gasteiger partial charge in [-0.2, -0.15) is 12.1 Å². The van der Waals surface area contributed by atoms with Crippen LogP contribution < -0.4 is 5.56 Å². The first-order chi connectivity index (χ1) is 8.16. The molecule has 0 aliphatic carbocycles. The molecular formula is C14H17N2OY-. The van der Waals surface area contributed by atoms with Gasteiger partial charge in [0.15, 0.2) is 0 Å². The van der Waals surface area contributed by atoms with Crippen LogP contribution in [-0.4, -0.2) is 9.55 Å². The van der Waals surface area contributed by atoms with Gasteiger partial charge in [0, 0.05) is 52.0 Å². The SMILES string of the molecule is CC.Cc1[c-]cc(-c2ccn(C)c(=O)c2)nc1.[Y]. The van der Waals surface area contributed by atoms with Crippen molar-refractivity contribution in [2.24, 2.45) is 7.05 Å². The maximum atomic E-state index is 11.4. The maximum absolute atomic E-state index is 11.4. The van der Waals surface area contributed by atoms with E-state index in [0.29, 0.717) is 0 Å². The second-order valence-electron chi connectivity index (χ2n) is 3.48. The van der Waals surface area contributed by atoms with Gasteiger partial charge < -0.3 is 9.55 Å². The average Bonchev–Trinajstić information content (AvgIpc) is 2.36. The summed E-state index contributed by atoms with van der Waals surface area (Å²) in [5, 5.41) is 0. The van der Waals surface area contributed by atoms with Crippen molar-refractivity contribution in [1.29, 1.82) is 0 Å². The third-order valence-corrected chi connectivity index (χ3v) is 2.23. The fourth-order valence-electron chi connectivity index (χ4n) is 1.29. The second-order valence-corrected chi connectivity index (χ2v) is 3.48. The van der Waals surface area contributed by atoms with Crippen LogP contribution in [0.2, 0.25) is 0 Å². The predicted molar refractivity (Wildman–Crippen MR) is 69.8 cm³/mol. The standard InChI is InChI=1S/C12H11N2O.C2H6.Y/c1-9-3-4-11(13-8-9)10-5-6-14(2)12(15)7-10;1-2;/h4-8H,1-2H3;1-2H3;/q-1;;. The van der Waals surface area contributed by atoms with Gasteiger partial charge in [-0.05, 0) is 17.3 Å². The summed E-state index contributed by atoms with van der Waals surface area (Å²) in [5.74, 6) is 0. The largest absolute Gasteiger partial charge is 0.383 e. The van der Waals surface area contributed by atoms with Gasteiger partial charge in [-0.25, -0.2) is 0 Å². The number of rotatable bonds is 1. The van der Waals surface area contributed by atoms with Crippen molar-refractivity contribution in [3.8, 4) is 11.3 Å². The molecule has 2 rings (SSSR count). The van der Waals surface area contributed by atoms with E-state index in [1.54, 1.807) is 31.6 Å². The summed E-state index contributed by atoms with van der Waals surface area (Å²) in [6, 6.07) is 8.30. The summed E-state index contributed by atoms with van der Waals surface area (Å²) in [7, 11) is 1.72. The Bertz CT molecular complexity index is 532. The van der Waals surface area contributed by atoms with Gasteiger partial charge in [-0.1, -0.05) is 27.0 Å². The molecule has 3 nitrogen and oxygen atoms in total. The Balaban J connectivity index is 0.000000917. The molecule has 0 bridgehead atoms. The molecule has 2 aromatic rings. The Kier molecular flexibility index (Phi) is 7.96. The van der Waals surface area contributed by atoms with Gasteiger partial charge in [0.1, 0.15) is 0 Å². The first kappa shape index (κ1) is 17.2. The molecule has 0 spiro atoms. The Morgan fingerprint density at radius 1 is 1.33 bits per heavy atom. The molecule has 18 heavy (non-hydrogen) atoms. The van der Waals surface area contributed by atoms with E-state index in [2.05, 4.69) is 11.1 Å². The second kappa shape index (κ2) is 8.33. The molecule has 0 unspecified atom stereocenters. The smallest absolute Gasteiger partial charge is 0.249 e. The van der Waals surface area contributed by atoms with Crippen molar-refractivity contribution in [1.82, 2.24) is 9.55 Å². The topological polar surface area (TPSA) is 34.9 Å². The van der Waals surface area contributed by atoms with E-state index in [0.717, 1.165) is 16.8 Å². The van der Waals surface area contributed by atoms with Crippen molar-refractivity contribution in [3.63, 3.8) is 0 Å². The number of hydrogen-bond donors (Lipinski definition) is 0. The monoisotopic (exact) mass is 318 g/mol. The number of pyridine rings is 2. The Morgan fingerprint density at radius 3 is 2.50 bits per heavy atom. The van der Waals surface area contributed by atoms with Crippen LogP contribution >= 0.6 is 0 Å². The molecule has 0 N–H and O–H groups in total. The first-order valence-corrected chi connectivity index (χ1v) is 5.68. The summed E-state index contributed by atoms with van der Waals surface area (Å²) >= 11 is 0. The molecular weight excluding hydrogens is 301 g/mol. The molecule has 0 aliphatic rings. The van der Waals surface area contributed by atoms with E-state index in [4.69, 9.17) is 0 Å². The number of aryl methyl sites for hydroxylation is 2. The molecule has 0 saturated heterocycles. The van der Waals surface area contributed by atoms with Crippen LogP contribution in [0, 0.1) is 13.0 Å². The zero-order chi connectivity index (χ0) is 12.8. The molecule has 0 aromatic carbocycles. The van der Waals surface area contributed by atoms with Crippen molar-refractivity contribution in [3.05, 3.63) is 52.6 Å². The normalized spacial score (nSPS) is 8.89. The fourth-order valence-corrected chi connectivity index (χ4v) is 1.29. The third kappa shape index (κ3) is 4.47. The summed E-state index contributed by atoms with van der Waals surface area (Å²) in [5.41, 5.74) is 2.56. The van der Waals surface area contributed by atoms with Gasteiger partial charge in [0.25, 0.3) is 0 Å². The summed E-state index contributed by atoms with van der Waals surface area (Å²) in [6.45, 7) is 5.93. The van der Waals surface area contributed by atoms with Crippen LogP contribution in [0.3, 0.4) is 0 Å². The van der Waals surface area contributed by atoms with Crippen molar-refractivity contribution < 1.29 is 32.7 Å². The summed E-state index contributed by atoms with van der Waals surface area (Å²) in [6.07, 6.45) is 3.48. The van der Waals surface area contributed by atoms with Crippen LogP contribution in [0.15, 0.2) is 35.4 Å². The molecule has 0 atom stereocenters. The van der Waals surface area contributed by atoms with E-state index in [1.165, 1.54) is 4.57 Å². The molecule has 0 amide bonds. The summed E-state index contributed by atoms with van der Waals surface area (Å²) in [4.78, 5) is 15.6. The Hall–Kier alpha value is -0.796. The van der Waals surface area contributed by atoms with Crippen LogP contribution in [-0.2, 0) is 39.8 Å². The molecule has 0 fully saturated rings. The van der Waals surface area contributed by atoms with E-state index >= 15 is 0 Å². The van der Waals surface area contributed by atoms with Gasteiger partial charge in [-0.3, -0.25) is 4.79 Å². The van der Waals surface area contributed by atoms with E-state index in [1.807, 2.05) is 26.8 Å². The molecule has 2 aromatic heterocycles. The molecule has 2 heterocycles. The zero-order valence-electron chi connectivity index (χ0n) is 11.3. The number of nitrogens with zero attached hydrogens (tertiary/aromatic N) is 2. The summed E-state index contributed by atoms with van der Waals surface area (Å²) < 4.78 is 1.53. The minimum absolute atomic E-state index is 0. The van der Waals surface area contributed by atoms with Crippen LogP contribution in [0.25, 0.3) is 11.3 Å². The molecule has 93 valence electrons. The van der Waals surface area contributed by atoms with Crippen molar-refractivity contribution in [2.45, 2.75) is 20.8 Å². The third-order valence-electron chi connectivity index (χ3n) is 2.23. The molecule has 0 saturated carbocycles. The number of aromatic nitrogens is 2. The van der Waals surface area contributed by atoms with Crippen LogP contribution in [0.1, 0.15) is 19.4 Å². The Labute approximate surface area is 133 Å². The van der Waals surface area contributed by atoms with Gasteiger partial charge in [0.2, 0.25) is 5.56 Å². The molecule has 1 radical (unpaired) electrons. The van der Waals surface area contributed by atoms with Crippen LogP contribution in [0.4, 0.5) is 0 Å². The van der Waals surface area contributed by atoms with Crippen molar-refractivity contribution >= 4 is 0 Å². The van der Waals surface area contributed by atoms with E-state index in [9.17, 15) is 4.79 Å². The quantitative estimate of drug-likeness (QED) is 0.758. The number of hydrogen-bond acceptors (Lipinski definition) is 2. The first-order valence-electron chi connectivity index (χ1n) is 5.68. The molecule has 0 aliphatic heterocycles. The zero-order valence-corrected chi connectivity index (χ0v) is 14.1.